The highest BCUT2D eigenvalue weighted by Crippen LogP contribution is 2.36. The van der Waals surface area contributed by atoms with Gasteiger partial charge < -0.3 is 35.1 Å². The number of thiazole rings is 1. The monoisotopic (exact) mass is 885 g/mol. The molecule has 1 saturated heterocycles. The summed E-state index contributed by atoms with van der Waals surface area (Å²) in [4.78, 5) is 67.3. The van der Waals surface area contributed by atoms with E-state index in [0.717, 1.165) is 0 Å². The summed E-state index contributed by atoms with van der Waals surface area (Å²) >= 11 is 1.43. The summed E-state index contributed by atoms with van der Waals surface area (Å²) < 4.78 is 50.2. The summed E-state index contributed by atoms with van der Waals surface area (Å²) in [5.41, 5.74) is -1.95. The summed E-state index contributed by atoms with van der Waals surface area (Å²) in [7, 11) is -2.96. The van der Waals surface area contributed by atoms with E-state index in [0.29, 0.717) is 51.8 Å². The van der Waals surface area contributed by atoms with Gasteiger partial charge in [-0.2, -0.15) is 8.42 Å². The highest BCUT2D eigenvalue weighted by molar-refractivity contribution is 7.85. The molecule has 1 saturated carbocycles. The largest absolute Gasteiger partial charge is 0.497 e. The van der Waals surface area contributed by atoms with E-state index in [1.807, 2.05) is 23.9 Å². The Labute approximate surface area is 362 Å². The molecule has 4 amide bonds. The van der Waals surface area contributed by atoms with Crippen molar-refractivity contribution >= 4 is 61.5 Å². The topological polar surface area (TPSA) is 216 Å². The normalized spacial score (nSPS) is 19.0. The van der Waals surface area contributed by atoms with E-state index in [4.69, 9.17) is 28.4 Å². The second-order valence-corrected chi connectivity index (χ2v) is 20.2. The Morgan fingerprint density at radius 3 is 2.26 bits per heavy atom. The van der Waals surface area contributed by atoms with Crippen LogP contribution in [0.15, 0.2) is 42.3 Å². The van der Waals surface area contributed by atoms with Gasteiger partial charge in [0.25, 0.3) is 5.91 Å². The minimum atomic E-state index is -4.51. The fourth-order valence-corrected chi connectivity index (χ4v) is 8.46. The summed E-state index contributed by atoms with van der Waals surface area (Å²) in [6, 6.07) is 4.81. The number of carbonyl (C=O) groups excluding carboxylic acids is 4. The minimum absolute atomic E-state index is 0.0569. The zero-order chi connectivity index (χ0) is 45.2. The standard InChI is InChI=1S/C42H59N7O10S2/c1-13-24(4)42(11,37(52)48-61(54,55)59-25-14-15-25)47-35(50)32-19-27(21-49(32)36(51)34(40(5,6)7)46-39(53)58-41(8,9)10)57-33-20-30(31-22-60-38(45-31)43-23(2)3)44-29-18-26(56-12)16-17-28(29)33/h13,16-18,20,22-25,27,32,34H,1,14-15,19,21H2,2-12H3,(H,43,45)(H,46,53)(H,47,50)(H,48,52)/t24-,27+,32?,34+,42+/m0/s1. The number of benzene rings is 1. The van der Waals surface area contributed by atoms with Crippen molar-refractivity contribution in [3.63, 3.8) is 0 Å². The molecule has 19 heteroatoms. The predicted molar refractivity (Wildman–Crippen MR) is 232 cm³/mol. The van der Waals surface area contributed by atoms with E-state index in [1.165, 1.54) is 29.2 Å². The second kappa shape index (κ2) is 18.1. The molecule has 61 heavy (non-hydrogen) atoms. The average Bonchev–Trinajstić information content (AvgIpc) is 3.65. The van der Waals surface area contributed by atoms with Gasteiger partial charge in [0.2, 0.25) is 11.8 Å². The van der Waals surface area contributed by atoms with Crippen LogP contribution < -0.4 is 30.1 Å². The van der Waals surface area contributed by atoms with Crippen LogP contribution in [0.25, 0.3) is 22.3 Å². The maximum atomic E-state index is 14.8. The van der Waals surface area contributed by atoms with Crippen molar-refractivity contribution in [1.82, 2.24) is 30.2 Å². The number of anilines is 1. The first-order valence-corrected chi connectivity index (χ1v) is 22.5. The molecule has 2 aliphatic rings. The predicted octanol–water partition coefficient (Wildman–Crippen LogP) is 5.71. The summed E-state index contributed by atoms with van der Waals surface area (Å²) in [5.74, 6) is -2.27. The van der Waals surface area contributed by atoms with E-state index in [2.05, 4.69) is 22.5 Å². The minimum Gasteiger partial charge on any atom is -0.497 e. The van der Waals surface area contributed by atoms with Gasteiger partial charge in [0.05, 0.1) is 31.0 Å². The maximum absolute atomic E-state index is 14.8. The molecular weight excluding hydrogens is 827 g/mol. The van der Waals surface area contributed by atoms with E-state index in [9.17, 15) is 27.6 Å². The number of hydrogen-bond donors (Lipinski definition) is 4. The first-order chi connectivity index (χ1) is 28.3. The number of carbonyl (C=O) groups is 4. The number of ether oxygens (including phenoxy) is 3. The van der Waals surface area contributed by atoms with Crippen molar-refractivity contribution < 1.29 is 46.0 Å². The molecule has 3 aromatic rings. The third-order valence-corrected chi connectivity index (χ3v) is 11.9. The van der Waals surface area contributed by atoms with Gasteiger partial charge in [-0.15, -0.1) is 17.9 Å². The van der Waals surface area contributed by atoms with Crippen LogP contribution in [-0.4, -0.2) is 102 Å². The van der Waals surface area contributed by atoms with E-state index >= 15 is 0 Å². The van der Waals surface area contributed by atoms with Crippen molar-refractivity contribution in [1.29, 1.82) is 0 Å². The number of alkyl carbamates (subject to hydrolysis) is 1. The highest BCUT2D eigenvalue weighted by Gasteiger charge is 2.49. The highest BCUT2D eigenvalue weighted by atomic mass is 32.2. The lowest BCUT2D eigenvalue weighted by Gasteiger charge is -2.37. The number of pyridine rings is 1. The van der Waals surface area contributed by atoms with Crippen molar-refractivity contribution in [2.24, 2.45) is 11.3 Å². The molecule has 334 valence electrons. The Morgan fingerprint density at radius 2 is 1.67 bits per heavy atom. The number of likely N-dealkylation sites (tertiary alicyclic amines) is 1. The van der Waals surface area contributed by atoms with Crippen molar-refractivity contribution in [2.75, 3.05) is 19.0 Å². The number of amides is 4. The van der Waals surface area contributed by atoms with Crippen LogP contribution >= 0.6 is 11.3 Å². The van der Waals surface area contributed by atoms with Gasteiger partial charge in [0.15, 0.2) is 5.13 Å². The quantitative estimate of drug-likeness (QED) is 0.127. The Bertz CT molecular complexity index is 2250. The Kier molecular flexibility index (Phi) is 14.0. The third kappa shape index (κ3) is 11.9. The molecule has 5 rings (SSSR count). The lowest BCUT2D eigenvalue weighted by Crippen LogP contribution is -2.64. The van der Waals surface area contributed by atoms with Gasteiger partial charge in [0.1, 0.15) is 46.5 Å². The average molecular weight is 886 g/mol. The number of fused-ring (bicyclic) bond motifs is 1. The van der Waals surface area contributed by atoms with E-state index < -0.39 is 80.9 Å². The van der Waals surface area contributed by atoms with Gasteiger partial charge >= 0.3 is 16.4 Å². The molecule has 1 aromatic carbocycles. The lowest BCUT2D eigenvalue weighted by molar-refractivity contribution is -0.143. The van der Waals surface area contributed by atoms with Gasteiger partial charge in [0, 0.05) is 41.3 Å². The van der Waals surface area contributed by atoms with Gasteiger partial charge in [-0.05, 0) is 71.9 Å². The van der Waals surface area contributed by atoms with Crippen molar-refractivity contribution in [3.8, 4) is 22.9 Å². The smallest absolute Gasteiger partial charge is 0.408 e. The SMILES string of the molecule is C=C[C@H](C)[C@@](C)(NC(=O)C1C[C@@H](Oc2cc(-c3csc(NC(C)C)n3)nc3cc(OC)ccc23)CN1C(=O)[C@@H](NC(=O)OC(C)(C)C)C(C)(C)C)C(=O)NS(=O)(=O)OC1CC1. The van der Waals surface area contributed by atoms with Gasteiger partial charge in [-0.3, -0.25) is 18.6 Å². The fraction of sp³-hybridized carbons (Fsp3) is 0.571. The molecule has 4 N–H and O–H groups in total. The first-order valence-electron chi connectivity index (χ1n) is 20.2. The fourth-order valence-electron chi connectivity index (χ4n) is 6.57. The van der Waals surface area contributed by atoms with E-state index in [1.54, 1.807) is 79.8 Å². The molecule has 2 aromatic heterocycles. The first kappa shape index (κ1) is 47.0. The van der Waals surface area contributed by atoms with Crippen LogP contribution in [0.5, 0.6) is 11.5 Å². The Balaban J connectivity index is 1.54. The molecule has 17 nitrogen and oxygen atoms in total. The zero-order valence-corrected chi connectivity index (χ0v) is 38.3. The number of hydrogen-bond acceptors (Lipinski definition) is 14. The second-order valence-electron chi connectivity index (χ2n) is 18.0. The molecule has 2 fully saturated rings. The summed E-state index contributed by atoms with van der Waals surface area (Å²) in [6.07, 6.45) is 0.256. The van der Waals surface area contributed by atoms with Gasteiger partial charge in [-0.25, -0.2) is 19.5 Å². The molecule has 0 spiro atoms. The van der Waals surface area contributed by atoms with Gasteiger partial charge in [-0.1, -0.05) is 33.8 Å². The molecule has 1 unspecified atom stereocenters. The lowest BCUT2D eigenvalue weighted by atomic mass is 9.85. The number of nitrogens with one attached hydrogen (secondary N) is 4. The van der Waals surface area contributed by atoms with Crippen LogP contribution in [0.2, 0.25) is 0 Å². The van der Waals surface area contributed by atoms with Crippen LogP contribution in [0.3, 0.4) is 0 Å². The van der Waals surface area contributed by atoms with Crippen LogP contribution in [0.1, 0.15) is 88.5 Å². The zero-order valence-electron chi connectivity index (χ0n) is 36.7. The molecule has 5 atom stereocenters. The van der Waals surface area contributed by atoms with Crippen molar-refractivity contribution in [3.05, 3.63) is 42.3 Å². The molecular formula is C42H59N7O10S2. The number of methoxy groups -OCH3 is 1. The van der Waals surface area contributed by atoms with Crippen LogP contribution in [0, 0.1) is 11.3 Å². The summed E-state index contributed by atoms with van der Waals surface area (Å²) in [6.45, 7) is 21.1. The number of rotatable bonds is 16. The van der Waals surface area contributed by atoms with Crippen LogP contribution in [0.4, 0.5) is 9.93 Å². The third-order valence-electron chi connectivity index (χ3n) is 10.2. The summed E-state index contributed by atoms with van der Waals surface area (Å²) in [5, 5.41) is 12.0. The van der Waals surface area contributed by atoms with E-state index in [-0.39, 0.29) is 19.0 Å². The maximum Gasteiger partial charge on any atom is 0.408 e. The van der Waals surface area contributed by atoms with Crippen LogP contribution in [-0.2, 0) is 33.6 Å². The number of aromatic nitrogens is 2. The molecule has 3 heterocycles. The molecule has 1 aliphatic carbocycles. The number of nitrogens with zero attached hydrogens (tertiary/aromatic N) is 3. The molecule has 0 radical (unpaired) electrons. The Hall–Kier alpha value is -5.01. The molecule has 0 bridgehead atoms. The molecule has 1 aliphatic heterocycles. The van der Waals surface area contributed by atoms with Crippen molar-refractivity contribution in [2.45, 2.75) is 130 Å². The Morgan fingerprint density at radius 1 is 0.984 bits per heavy atom.